The summed E-state index contributed by atoms with van der Waals surface area (Å²) in [6.45, 7) is 0. The summed E-state index contributed by atoms with van der Waals surface area (Å²) in [6, 6.07) is 22.0. The number of fused-ring (bicyclic) bond motifs is 1. The molecule has 7 nitrogen and oxygen atoms in total. The number of hydrogen-bond acceptors (Lipinski definition) is 8. The van der Waals surface area contributed by atoms with E-state index in [4.69, 9.17) is 27.6 Å². The Morgan fingerprint density at radius 1 is 1.03 bits per heavy atom. The van der Waals surface area contributed by atoms with Crippen LogP contribution in [0.4, 0.5) is 5.13 Å². The van der Waals surface area contributed by atoms with Gasteiger partial charge in [-0.1, -0.05) is 94.8 Å². The van der Waals surface area contributed by atoms with Gasteiger partial charge >= 0.3 is 0 Å². The number of hydrogen-bond donors (Lipinski definition) is 1. The van der Waals surface area contributed by atoms with Crippen molar-refractivity contribution in [3.63, 3.8) is 0 Å². The maximum absolute atomic E-state index is 13.7. The van der Waals surface area contributed by atoms with Crippen molar-refractivity contribution in [2.24, 2.45) is 0 Å². The van der Waals surface area contributed by atoms with Crippen molar-refractivity contribution >= 4 is 74.1 Å². The van der Waals surface area contributed by atoms with E-state index in [-0.39, 0.29) is 16.5 Å². The van der Waals surface area contributed by atoms with Crippen molar-refractivity contribution in [3.8, 4) is 0 Å². The number of furan rings is 1. The van der Waals surface area contributed by atoms with Gasteiger partial charge in [0.25, 0.3) is 5.91 Å². The highest BCUT2D eigenvalue weighted by molar-refractivity contribution is 8.00. The number of aliphatic hydroxyl groups is 1. The van der Waals surface area contributed by atoms with Crippen molar-refractivity contribution in [1.29, 1.82) is 0 Å². The first-order valence-corrected chi connectivity index (χ1v) is 14.2. The van der Waals surface area contributed by atoms with E-state index in [1.54, 1.807) is 42.5 Å². The van der Waals surface area contributed by atoms with Gasteiger partial charge in [0.2, 0.25) is 10.9 Å². The molecule has 1 aliphatic rings. The molecule has 0 spiro atoms. The average Bonchev–Trinajstić information content (AvgIpc) is 3.65. The highest BCUT2D eigenvalue weighted by Crippen LogP contribution is 2.44. The summed E-state index contributed by atoms with van der Waals surface area (Å²) in [4.78, 5) is 28.4. The molecule has 0 radical (unpaired) electrons. The highest BCUT2D eigenvalue weighted by atomic mass is 35.5. The number of nitrogens with zero attached hydrogens (tertiary/aromatic N) is 3. The fraction of sp³-hybridized carbons (Fsp3) is 0.0714. The molecule has 1 aliphatic heterocycles. The SMILES string of the molecule is O=C(C1=C(O)C(=O)N(c2nnc(SCc3ccccc3Cl)s2)[C@H]1c1ccc(Cl)cc1)c1cc2ccccc2o1. The Morgan fingerprint density at radius 2 is 1.77 bits per heavy atom. The lowest BCUT2D eigenvalue weighted by atomic mass is 9.95. The summed E-state index contributed by atoms with van der Waals surface area (Å²) in [6.07, 6.45) is 0. The second-order valence-electron chi connectivity index (χ2n) is 8.60. The first kappa shape index (κ1) is 25.6. The van der Waals surface area contributed by atoms with E-state index in [2.05, 4.69) is 10.2 Å². The maximum Gasteiger partial charge on any atom is 0.296 e. The molecule has 1 atom stereocenters. The molecule has 2 aromatic heterocycles. The van der Waals surface area contributed by atoms with Crippen molar-refractivity contribution < 1.29 is 19.1 Å². The molecule has 3 aromatic carbocycles. The third-order valence-electron chi connectivity index (χ3n) is 6.20. The van der Waals surface area contributed by atoms with Crippen LogP contribution in [0.15, 0.2) is 99.0 Å². The van der Waals surface area contributed by atoms with Crippen LogP contribution in [0, 0.1) is 0 Å². The second kappa shape index (κ2) is 10.5. The molecule has 0 fully saturated rings. The second-order valence-corrected chi connectivity index (χ2v) is 11.6. The topological polar surface area (TPSA) is 96.5 Å². The number of halogens is 2. The summed E-state index contributed by atoms with van der Waals surface area (Å²) in [5.74, 6) is -1.45. The molecule has 5 aromatic rings. The van der Waals surface area contributed by atoms with Crippen LogP contribution in [0.1, 0.15) is 27.7 Å². The number of thioether (sulfide) groups is 1. The summed E-state index contributed by atoms with van der Waals surface area (Å²) in [5, 5.41) is 21.6. The molecule has 1 N–H and O–H groups in total. The summed E-state index contributed by atoms with van der Waals surface area (Å²) >= 11 is 15.0. The number of amides is 1. The van der Waals surface area contributed by atoms with Crippen LogP contribution in [0.5, 0.6) is 0 Å². The van der Waals surface area contributed by atoms with Crippen molar-refractivity contribution in [2.45, 2.75) is 16.1 Å². The van der Waals surface area contributed by atoms with E-state index in [9.17, 15) is 14.7 Å². The van der Waals surface area contributed by atoms with Crippen LogP contribution >= 0.6 is 46.3 Å². The third kappa shape index (κ3) is 4.83. The molecule has 0 saturated heterocycles. The number of para-hydroxylation sites is 1. The van der Waals surface area contributed by atoms with Crippen LogP contribution in [0.25, 0.3) is 11.0 Å². The molecule has 194 valence electrons. The number of aromatic nitrogens is 2. The third-order valence-corrected chi connectivity index (χ3v) is 8.92. The first-order chi connectivity index (χ1) is 18.9. The van der Waals surface area contributed by atoms with Gasteiger partial charge in [0.15, 0.2) is 15.9 Å². The zero-order chi connectivity index (χ0) is 27.1. The molecular formula is C28H17Cl2N3O4S2. The van der Waals surface area contributed by atoms with Crippen molar-refractivity contribution in [3.05, 3.63) is 117 Å². The molecule has 0 bridgehead atoms. The van der Waals surface area contributed by atoms with Crippen LogP contribution in [0.3, 0.4) is 0 Å². The molecule has 1 amide bonds. The molecule has 3 heterocycles. The van der Waals surface area contributed by atoms with E-state index >= 15 is 0 Å². The summed E-state index contributed by atoms with van der Waals surface area (Å²) < 4.78 is 6.37. The molecule has 0 unspecified atom stereocenters. The van der Waals surface area contributed by atoms with Gasteiger partial charge in [0.05, 0.1) is 11.6 Å². The van der Waals surface area contributed by atoms with E-state index in [1.165, 1.54) is 28.0 Å². The normalized spacial score (nSPS) is 15.5. The number of carbonyl (C=O) groups excluding carboxylic acids is 2. The van der Waals surface area contributed by atoms with Gasteiger partial charge in [0, 0.05) is 21.2 Å². The van der Waals surface area contributed by atoms with Crippen LogP contribution in [-0.4, -0.2) is 27.0 Å². The lowest BCUT2D eigenvalue weighted by molar-refractivity contribution is -0.117. The number of rotatable bonds is 7. The minimum atomic E-state index is -0.968. The Balaban J connectivity index is 1.36. The van der Waals surface area contributed by atoms with Crippen molar-refractivity contribution in [2.75, 3.05) is 4.90 Å². The van der Waals surface area contributed by atoms with Gasteiger partial charge in [-0.15, -0.1) is 10.2 Å². The molecule has 11 heteroatoms. The van der Waals surface area contributed by atoms with Crippen LogP contribution in [-0.2, 0) is 10.5 Å². The van der Waals surface area contributed by atoms with E-state index < -0.39 is 23.5 Å². The van der Waals surface area contributed by atoms with Gasteiger partial charge in [0.1, 0.15) is 5.58 Å². The van der Waals surface area contributed by atoms with Crippen molar-refractivity contribution in [1.82, 2.24) is 10.2 Å². The lowest BCUT2D eigenvalue weighted by Crippen LogP contribution is -2.31. The molecule has 0 saturated carbocycles. The predicted molar refractivity (Wildman–Crippen MR) is 153 cm³/mol. The molecule has 39 heavy (non-hydrogen) atoms. The zero-order valence-electron chi connectivity index (χ0n) is 19.9. The van der Waals surface area contributed by atoms with E-state index in [0.717, 1.165) is 10.9 Å². The fourth-order valence-electron chi connectivity index (χ4n) is 4.33. The van der Waals surface area contributed by atoms with Gasteiger partial charge in [-0.25, -0.2) is 0 Å². The van der Waals surface area contributed by atoms with Gasteiger partial charge in [-0.3, -0.25) is 14.5 Å². The Morgan fingerprint density at radius 3 is 2.54 bits per heavy atom. The van der Waals surface area contributed by atoms with E-state index in [1.807, 2.05) is 36.4 Å². The number of benzene rings is 3. The molecule has 6 rings (SSSR count). The Labute approximate surface area is 240 Å². The number of carbonyl (C=O) groups is 2. The minimum absolute atomic E-state index is 0.0135. The average molecular weight is 595 g/mol. The standard InChI is InChI=1S/C28H17Cl2N3O4S2/c29-18-11-9-15(10-12-18)23-22(24(34)21-13-16-5-2-4-8-20(16)37-21)25(35)26(36)33(23)27-31-32-28(39-27)38-14-17-6-1-3-7-19(17)30/h1-13,23,35H,14H2/t23-/m0/s1. The zero-order valence-corrected chi connectivity index (χ0v) is 23.0. The fourth-order valence-corrected chi connectivity index (χ4v) is 6.61. The smallest absolute Gasteiger partial charge is 0.296 e. The van der Waals surface area contributed by atoms with E-state index in [0.29, 0.717) is 31.3 Å². The largest absolute Gasteiger partial charge is 0.503 e. The number of anilines is 1. The van der Waals surface area contributed by atoms with Crippen LogP contribution in [0.2, 0.25) is 10.0 Å². The Bertz CT molecular complexity index is 1730. The Hall–Kier alpha value is -3.63. The highest BCUT2D eigenvalue weighted by Gasteiger charge is 2.46. The minimum Gasteiger partial charge on any atom is -0.503 e. The first-order valence-electron chi connectivity index (χ1n) is 11.7. The van der Waals surface area contributed by atoms with Gasteiger partial charge in [-0.2, -0.15) is 0 Å². The van der Waals surface area contributed by atoms with Gasteiger partial charge in [-0.05, 0) is 41.5 Å². The predicted octanol–water partition coefficient (Wildman–Crippen LogP) is 7.67. The number of aliphatic hydroxyl groups excluding tert-OH is 1. The Kier molecular flexibility index (Phi) is 6.90. The summed E-state index contributed by atoms with van der Waals surface area (Å²) in [7, 11) is 0. The quantitative estimate of drug-likeness (QED) is 0.117. The number of ketones is 1. The number of Topliss-reactive ketones (excluding diaryl/α,β-unsaturated/α-hetero) is 1. The maximum atomic E-state index is 13.7. The summed E-state index contributed by atoms with van der Waals surface area (Å²) in [5.41, 5.74) is 1.92. The monoisotopic (exact) mass is 593 g/mol. The lowest BCUT2D eigenvalue weighted by Gasteiger charge is -2.23. The van der Waals surface area contributed by atoms with Gasteiger partial charge < -0.3 is 9.52 Å². The van der Waals surface area contributed by atoms with Crippen LogP contribution < -0.4 is 4.90 Å². The molecular weight excluding hydrogens is 577 g/mol. The molecule has 0 aliphatic carbocycles.